The average molecular weight is 279 g/mol. The van der Waals surface area contributed by atoms with Crippen molar-refractivity contribution in [3.8, 4) is 0 Å². The van der Waals surface area contributed by atoms with Gasteiger partial charge in [-0.1, -0.05) is 34.6 Å². The molecule has 1 aromatic rings. The number of azide groups is 1. The van der Waals surface area contributed by atoms with E-state index in [9.17, 15) is 5.11 Å². The zero-order valence-corrected chi connectivity index (χ0v) is 11.7. The summed E-state index contributed by atoms with van der Waals surface area (Å²) in [7, 11) is 0. The molecule has 0 aliphatic carbocycles. The van der Waals surface area contributed by atoms with Gasteiger partial charge in [-0.05, 0) is 37.9 Å². The van der Waals surface area contributed by atoms with E-state index >= 15 is 0 Å². The van der Waals surface area contributed by atoms with Crippen LogP contribution in [0.1, 0.15) is 18.9 Å². The number of ether oxygens (including phenoxy) is 1. The molecule has 1 N–H and O–H groups in total. The second-order valence-corrected chi connectivity index (χ2v) is 5.93. The minimum absolute atomic E-state index is 0.100. The molecule has 1 fully saturated rings. The van der Waals surface area contributed by atoms with Crippen molar-refractivity contribution in [1.29, 1.82) is 0 Å². The average Bonchev–Trinajstić information content (AvgIpc) is 2.38. The smallest absolute Gasteiger partial charge is 0.108 e. The Morgan fingerprint density at radius 3 is 2.74 bits per heavy atom. The highest BCUT2D eigenvalue weighted by atomic mass is 32.2. The molecule has 0 unspecified atom stereocenters. The van der Waals surface area contributed by atoms with Crippen molar-refractivity contribution in [2.24, 2.45) is 5.11 Å². The summed E-state index contributed by atoms with van der Waals surface area (Å²) >= 11 is 1.59. The van der Waals surface area contributed by atoms with Crippen molar-refractivity contribution >= 4 is 11.8 Å². The first-order valence-corrected chi connectivity index (χ1v) is 7.09. The van der Waals surface area contributed by atoms with Gasteiger partial charge in [0.05, 0.1) is 18.2 Å². The van der Waals surface area contributed by atoms with Gasteiger partial charge in [-0.3, -0.25) is 0 Å². The molecule has 1 aliphatic rings. The Kier molecular flexibility index (Phi) is 4.71. The molecule has 1 heterocycles. The number of rotatable bonds is 3. The van der Waals surface area contributed by atoms with Crippen LogP contribution in [0.4, 0.5) is 0 Å². The third-order valence-electron chi connectivity index (χ3n) is 3.16. The molecule has 0 radical (unpaired) electrons. The number of aliphatic hydroxyl groups excluding tert-OH is 1. The number of nitrogens with zero attached hydrogens (tertiary/aromatic N) is 3. The molecule has 0 spiro atoms. The highest BCUT2D eigenvalue weighted by Gasteiger charge is 2.35. The third kappa shape index (κ3) is 3.64. The number of hydrogen-bond donors (Lipinski definition) is 1. The van der Waals surface area contributed by atoms with E-state index < -0.39 is 12.1 Å². The van der Waals surface area contributed by atoms with Crippen molar-refractivity contribution in [3.63, 3.8) is 0 Å². The number of thioether (sulfide) groups is 1. The van der Waals surface area contributed by atoms with Crippen LogP contribution in [0.3, 0.4) is 0 Å². The first kappa shape index (κ1) is 14.2. The first-order valence-electron chi connectivity index (χ1n) is 6.21. The Hall–Kier alpha value is -1.20. The van der Waals surface area contributed by atoms with Gasteiger partial charge in [-0.15, -0.1) is 0 Å². The van der Waals surface area contributed by atoms with Gasteiger partial charge in [0.25, 0.3) is 0 Å². The third-order valence-corrected chi connectivity index (χ3v) is 4.27. The Balaban J connectivity index is 2.04. The van der Waals surface area contributed by atoms with Gasteiger partial charge in [0.1, 0.15) is 5.44 Å². The maximum absolute atomic E-state index is 9.89. The van der Waals surface area contributed by atoms with Crippen molar-refractivity contribution in [1.82, 2.24) is 0 Å². The van der Waals surface area contributed by atoms with Crippen LogP contribution in [-0.2, 0) is 4.74 Å². The molecule has 1 aromatic carbocycles. The van der Waals surface area contributed by atoms with Crippen LogP contribution < -0.4 is 0 Å². The summed E-state index contributed by atoms with van der Waals surface area (Å²) in [6.07, 6.45) is -0.536. The van der Waals surface area contributed by atoms with E-state index in [0.29, 0.717) is 6.42 Å². The van der Waals surface area contributed by atoms with E-state index in [1.165, 1.54) is 5.56 Å². The van der Waals surface area contributed by atoms with Crippen molar-refractivity contribution in [2.45, 2.75) is 48.8 Å². The predicted octanol–water partition coefficient (Wildman–Crippen LogP) is 3.26. The van der Waals surface area contributed by atoms with Gasteiger partial charge >= 0.3 is 0 Å². The molecule has 0 saturated carbocycles. The Morgan fingerprint density at radius 1 is 1.42 bits per heavy atom. The number of benzene rings is 1. The molecule has 102 valence electrons. The summed E-state index contributed by atoms with van der Waals surface area (Å²) in [4.78, 5) is 3.91. The first-order chi connectivity index (χ1) is 9.10. The van der Waals surface area contributed by atoms with Crippen LogP contribution in [0.5, 0.6) is 0 Å². The van der Waals surface area contributed by atoms with Crippen LogP contribution >= 0.6 is 11.8 Å². The van der Waals surface area contributed by atoms with E-state index in [1.54, 1.807) is 18.7 Å². The molecule has 2 rings (SSSR count). The monoisotopic (exact) mass is 279 g/mol. The summed E-state index contributed by atoms with van der Waals surface area (Å²) in [5.74, 6) is 0. The van der Waals surface area contributed by atoms with Crippen LogP contribution in [0, 0.1) is 6.92 Å². The molecular formula is C13H17N3O2S. The lowest BCUT2D eigenvalue weighted by Gasteiger charge is -2.35. The van der Waals surface area contributed by atoms with E-state index in [2.05, 4.69) is 10.0 Å². The fourth-order valence-corrected chi connectivity index (χ4v) is 3.17. The van der Waals surface area contributed by atoms with Crippen molar-refractivity contribution in [2.75, 3.05) is 0 Å². The molecule has 1 aliphatic heterocycles. The van der Waals surface area contributed by atoms with Crippen LogP contribution in [0.2, 0.25) is 0 Å². The SMILES string of the molecule is Cc1ccc(S[C@H]2C[C@H](N=[N+]=[N-])[C@@H](O)[C@H](C)O2)cc1. The van der Waals surface area contributed by atoms with Crippen LogP contribution in [0.25, 0.3) is 10.4 Å². The highest BCUT2D eigenvalue weighted by Crippen LogP contribution is 2.34. The van der Waals surface area contributed by atoms with Crippen molar-refractivity contribution < 1.29 is 9.84 Å². The standard InChI is InChI=1S/C13H17N3O2S/c1-8-3-5-10(6-4-8)19-12-7-11(15-16-14)13(17)9(2)18-12/h3-6,9,11-13,17H,7H2,1-2H3/t9-,11-,12-,13-/m0/s1. The summed E-state index contributed by atoms with van der Waals surface area (Å²) in [5.41, 5.74) is 9.64. The Bertz CT molecular complexity index is 473. The number of aliphatic hydroxyl groups is 1. The molecule has 5 nitrogen and oxygen atoms in total. The molecule has 6 heteroatoms. The van der Waals surface area contributed by atoms with Gasteiger partial charge in [0.15, 0.2) is 0 Å². The topological polar surface area (TPSA) is 78.2 Å². The molecule has 0 bridgehead atoms. The molecule has 0 aromatic heterocycles. The largest absolute Gasteiger partial charge is 0.390 e. The van der Waals surface area contributed by atoms with Crippen molar-refractivity contribution in [3.05, 3.63) is 40.3 Å². The summed E-state index contributed by atoms with van der Waals surface area (Å²) in [6, 6.07) is 7.77. The molecule has 4 atom stereocenters. The maximum atomic E-state index is 9.89. The summed E-state index contributed by atoms with van der Waals surface area (Å²) in [6.45, 7) is 3.84. The lowest BCUT2D eigenvalue weighted by atomic mass is 10.0. The number of aryl methyl sites for hydroxylation is 1. The second-order valence-electron chi connectivity index (χ2n) is 4.70. The van der Waals surface area contributed by atoms with Gasteiger partial charge in [0, 0.05) is 9.81 Å². The quantitative estimate of drug-likeness (QED) is 0.524. The zero-order chi connectivity index (χ0) is 13.8. The van der Waals surface area contributed by atoms with Gasteiger partial charge < -0.3 is 9.84 Å². The number of hydrogen-bond acceptors (Lipinski definition) is 4. The Morgan fingerprint density at radius 2 is 2.11 bits per heavy atom. The van der Waals surface area contributed by atoms with Crippen LogP contribution in [0.15, 0.2) is 34.3 Å². The van der Waals surface area contributed by atoms with E-state index in [-0.39, 0.29) is 11.5 Å². The lowest BCUT2D eigenvalue weighted by Crippen LogP contribution is -2.44. The molecule has 1 saturated heterocycles. The van der Waals surface area contributed by atoms with E-state index in [1.807, 2.05) is 31.2 Å². The fourth-order valence-electron chi connectivity index (χ4n) is 2.05. The van der Waals surface area contributed by atoms with E-state index in [0.717, 1.165) is 4.90 Å². The van der Waals surface area contributed by atoms with Gasteiger partial charge in [-0.25, -0.2) is 0 Å². The predicted molar refractivity (Wildman–Crippen MR) is 74.9 cm³/mol. The maximum Gasteiger partial charge on any atom is 0.108 e. The normalized spacial score (nSPS) is 30.7. The fraction of sp³-hybridized carbons (Fsp3) is 0.538. The molecule has 0 amide bonds. The minimum atomic E-state index is -0.731. The Labute approximate surface area is 116 Å². The summed E-state index contributed by atoms with van der Waals surface area (Å²) < 4.78 is 5.74. The highest BCUT2D eigenvalue weighted by molar-refractivity contribution is 7.99. The minimum Gasteiger partial charge on any atom is -0.390 e. The van der Waals surface area contributed by atoms with Gasteiger partial charge in [-0.2, -0.15) is 0 Å². The van der Waals surface area contributed by atoms with E-state index in [4.69, 9.17) is 10.3 Å². The second kappa shape index (κ2) is 6.30. The van der Waals surface area contributed by atoms with Gasteiger partial charge in [0.2, 0.25) is 0 Å². The zero-order valence-electron chi connectivity index (χ0n) is 10.9. The molecular weight excluding hydrogens is 262 g/mol. The van der Waals surface area contributed by atoms with Crippen LogP contribution in [-0.4, -0.2) is 28.8 Å². The molecule has 19 heavy (non-hydrogen) atoms. The lowest BCUT2D eigenvalue weighted by molar-refractivity contribution is -0.0866. The summed E-state index contributed by atoms with van der Waals surface area (Å²) in [5, 5.41) is 13.5.